The van der Waals surface area contributed by atoms with Crippen LogP contribution in [-0.4, -0.2) is 36.3 Å². The zero-order chi connectivity index (χ0) is 19.8. The summed E-state index contributed by atoms with van der Waals surface area (Å²) in [6, 6.07) is 17.0. The van der Waals surface area contributed by atoms with Crippen LogP contribution in [0.15, 0.2) is 54.6 Å². The number of nitrogens with zero attached hydrogens (tertiary/aromatic N) is 1. The Kier molecular flexibility index (Phi) is 7.46. The first-order valence-corrected chi connectivity index (χ1v) is 10.1. The van der Waals surface area contributed by atoms with Gasteiger partial charge in [-0.2, -0.15) is 0 Å². The summed E-state index contributed by atoms with van der Waals surface area (Å²) in [6.07, 6.45) is 2.26. The number of likely N-dealkylation sites (tertiary alicyclic amines) is 1. The summed E-state index contributed by atoms with van der Waals surface area (Å²) >= 11 is 6.11. The van der Waals surface area contributed by atoms with E-state index in [2.05, 4.69) is 15.5 Å². The van der Waals surface area contributed by atoms with Crippen LogP contribution >= 0.6 is 11.6 Å². The second-order valence-corrected chi connectivity index (χ2v) is 7.52. The first-order valence-electron chi connectivity index (χ1n) is 9.70. The highest BCUT2D eigenvalue weighted by Gasteiger charge is 2.26. The SMILES string of the molecule is O=C(CCN1CCCC(C(=O)Nc2ccccc2)C1)NCc1ccccc1Cl. The number of halogens is 1. The smallest absolute Gasteiger partial charge is 0.228 e. The number of carbonyl (C=O) groups is 2. The van der Waals surface area contributed by atoms with Crippen molar-refractivity contribution >= 4 is 29.1 Å². The van der Waals surface area contributed by atoms with Crippen molar-refractivity contribution in [3.63, 3.8) is 0 Å². The third kappa shape index (κ3) is 6.08. The second kappa shape index (κ2) is 10.2. The quantitative estimate of drug-likeness (QED) is 0.746. The van der Waals surface area contributed by atoms with E-state index < -0.39 is 0 Å². The summed E-state index contributed by atoms with van der Waals surface area (Å²) in [5.74, 6) is 0.00925. The van der Waals surface area contributed by atoms with Crippen LogP contribution in [0.5, 0.6) is 0 Å². The molecule has 0 saturated carbocycles. The third-order valence-corrected chi connectivity index (χ3v) is 5.38. The fraction of sp³-hybridized carbons (Fsp3) is 0.364. The molecule has 148 valence electrons. The molecule has 6 heteroatoms. The van der Waals surface area contributed by atoms with E-state index in [1.54, 1.807) is 0 Å². The van der Waals surface area contributed by atoms with Gasteiger partial charge >= 0.3 is 0 Å². The molecule has 28 heavy (non-hydrogen) atoms. The first-order chi connectivity index (χ1) is 13.6. The van der Waals surface area contributed by atoms with Gasteiger partial charge in [0.1, 0.15) is 0 Å². The van der Waals surface area contributed by atoms with E-state index in [1.807, 2.05) is 54.6 Å². The minimum Gasteiger partial charge on any atom is -0.352 e. The van der Waals surface area contributed by atoms with E-state index in [0.29, 0.717) is 31.1 Å². The summed E-state index contributed by atoms with van der Waals surface area (Å²) in [7, 11) is 0. The first kappa shape index (κ1) is 20.4. The number of amides is 2. The van der Waals surface area contributed by atoms with Crippen molar-refractivity contribution in [2.75, 3.05) is 25.0 Å². The fourth-order valence-electron chi connectivity index (χ4n) is 3.42. The maximum absolute atomic E-state index is 12.5. The van der Waals surface area contributed by atoms with E-state index in [9.17, 15) is 9.59 Å². The average Bonchev–Trinajstić information content (AvgIpc) is 2.72. The van der Waals surface area contributed by atoms with Crippen molar-refractivity contribution in [1.82, 2.24) is 10.2 Å². The predicted octanol–water partition coefficient (Wildman–Crippen LogP) is 3.70. The van der Waals surface area contributed by atoms with Crippen LogP contribution in [0.4, 0.5) is 5.69 Å². The molecule has 0 bridgehead atoms. The van der Waals surface area contributed by atoms with Gasteiger partial charge in [-0.3, -0.25) is 9.59 Å². The standard InChI is InChI=1S/C22H26ClN3O2/c23-20-11-5-4-7-17(20)15-24-21(27)12-14-26-13-6-8-18(16-26)22(28)25-19-9-2-1-3-10-19/h1-5,7,9-11,18H,6,8,12-16H2,(H,24,27)(H,25,28). The molecule has 1 atom stereocenters. The Morgan fingerprint density at radius 2 is 1.82 bits per heavy atom. The van der Waals surface area contributed by atoms with Gasteiger partial charge in [-0.15, -0.1) is 0 Å². The minimum atomic E-state index is -0.0415. The summed E-state index contributed by atoms with van der Waals surface area (Å²) in [4.78, 5) is 26.9. The molecule has 2 N–H and O–H groups in total. The van der Waals surface area contributed by atoms with Crippen LogP contribution in [0.2, 0.25) is 5.02 Å². The van der Waals surface area contributed by atoms with Gasteiger partial charge in [-0.05, 0) is 43.1 Å². The third-order valence-electron chi connectivity index (χ3n) is 5.01. The van der Waals surface area contributed by atoms with E-state index in [0.717, 1.165) is 30.6 Å². The molecule has 1 unspecified atom stereocenters. The Morgan fingerprint density at radius 3 is 2.61 bits per heavy atom. The number of nitrogens with one attached hydrogen (secondary N) is 2. The van der Waals surface area contributed by atoms with Gasteiger partial charge in [0.05, 0.1) is 5.92 Å². The molecule has 1 fully saturated rings. The largest absolute Gasteiger partial charge is 0.352 e. The number of hydrogen-bond donors (Lipinski definition) is 2. The molecule has 0 radical (unpaired) electrons. The summed E-state index contributed by atoms with van der Waals surface area (Å²) in [5, 5.41) is 6.56. The van der Waals surface area contributed by atoms with Crippen molar-refractivity contribution in [2.24, 2.45) is 5.92 Å². The Bertz CT molecular complexity index is 797. The van der Waals surface area contributed by atoms with Gasteiger partial charge in [0.15, 0.2) is 0 Å². The molecule has 1 heterocycles. The molecule has 1 saturated heterocycles. The summed E-state index contributed by atoms with van der Waals surface area (Å²) in [5.41, 5.74) is 1.73. The number of carbonyl (C=O) groups excluding carboxylic acids is 2. The van der Waals surface area contributed by atoms with Gasteiger partial charge in [0.25, 0.3) is 0 Å². The van der Waals surface area contributed by atoms with E-state index in [4.69, 9.17) is 11.6 Å². The molecule has 0 spiro atoms. The highest BCUT2D eigenvalue weighted by atomic mass is 35.5. The van der Waals surface area contributed by atoms with Crippen LogP contribution in [0.1, 0.15) is 24.8 Å². The highest BCUT2D eigenvalue weighted by molar-refractivity contribution is 6.31. The molecule has 1 aliphatic heterocycles. The molecule has 2 aromatic carbocycles. The van der Waals surface area contributed by atoms with Crippen LogP contribution in [0.25, 0.3) is 0 Å². The second-order valence-electron chi connectivity index (χ2n) is 7.11. The highest BCUT2D eigenvalue weighted by Crippen LogP contribution is 2.19. The summed E-state index contributed by atoms with van der Waals surface area (Å²) < 4.78 is 0. The molecule has 2 amide bonds. The Balaban J connectivity index is 1.41. The normalized spacial score (nSPS) is 17.1. The van der Waals surface area contributed by atoms with Crippen molar-refractivity contribution in [3.05, 3.63) is 65.2 Å². The van der Waals surface area contributed by atoms with Crippen LogP contribution in [-0.2, 0) is 16.1 Å². The Morgan fingerprint density at radius 1 is 1.07 bits per heavy atom. The van der Waals surface area contributed by atoms with Crippen LogP contribution in [0.3, 0.4) is 0 Å². The molecular weight excluding hydrogens is 374 g/mol. The average molecular weight is 400 g/mol. The van der Waals surface area contributed by atoms with Gasteiger partial charge in [-0.25, -0.2) is 0 Å². The molecule has 0 aliphatic carbocycles. The Hall–Kier alpha value is -2.37. The van der Waals surface area contributed by atoms with Crippen molar-refractivity contribution in [3.8, 4) is 0 Å². The zero-order valence-electron chi connectivity index (χ0n) is 15.9. The lowest BCUT2D eigenvalue weighted by Crippen LogP contribution is -2.42. The molecule has 5 nitrogen and oxygen atoms in total. The maximum atomic E-state index is 12.5. The number of piperidine rings is 1. The van der Waals surface area contributed by atoms with E-state index >= 15 is 0 Å². The number of anilines is 1. The van der Waals surface area contributed by atoms with Gasteiger partial charge in [0, 0.05) is 36.8 Å². The number of benzene rings is 2. The number of para-hydroxylation sites is 1. The lowest BCUT2D eigenvalue weighted by Gasteiger charge is -2.31. The number of rotatable bonds is 7. The molecule has 3 rings (SSSR count). The van der Waals surface area contributed by atoms with Crippen LogP contribution in [0, 0.1) is 5.92 Å². The van der Waals surface area contributed by atoms with Gasteiger partial charge in [0.2, 0.25) is 11.8 Å². The van der Waals surface area contributed by atoms with Gasteiger partial charge < -0.3 is 15.5 Å². The minimum absolute atomic E-state index is 0.00391. The van der Waals surface area contributed by atoms with Gasteiger partial charge in [-0.1, -0.05) is 48.0 Å². The zero-order valence-corrected chi connectivity index (χ0v) is 16.6. The van der Waals surface area contributed by atoms with E-state index in [-0.39, 0.29) is 17.7 Å². The molecule has 0 aromatic heterocycles. The fourth-order valence-corrected chi connectivity index (χ4v) is 3.62. The molecule has 1 aliphatic rings. The lowest BCUT2D eigenvalue weighted by atomic mass is 9.97. The van der Waals surface area contributed by atoms with Crippen LogP contribution < -0.4 is 10.6 Å². The number of hydrogen-bond acceptors (Lipinski definition) is 3. The Labute approximate surface area is 171 Å². The predicted molar refractivity (Wildman–Crippen MR) is 112 cm³/mol. The molecular formula is C22H26ClN3O2. The van der Waals surface area contributed by atoms with Crippen molar-refractivity contribution in [2.45, 2.75) is 25.8 Å². The topological polar surface area (TPSA) is 61.4 Å². The monoisotopic (exact) mass is 399 g/mol. The summed E-state index contributed by atoms with van der Waals surface area (Å²) in [6.45, 7) is 2.70. The maximum Gasteiger partial charge on any atom is 0.228 e. The van der Waals surface area contributed by atoms with Crippen molar-refractivity contribution in [1.29, 1.82) is 0 Å². The molecule has 2 aromatic rings. The van der Waals surface area contributed by atoms with Crippen molar-refractivity contribution < 1.29 is 9.59 Å². The lowest BCUT2D eigenvalue weighted by molar-refractivity contribution is -0.122. The van der Waals surface area contributed by atoms with E-state index in [1.165, 1.54) is 0 Å².